The van der Waals surface area contributed by atoms with E-state index in [0.717, 1.165) is 60.7 Å². The zero-order chi connectivity index (χ0) is 19.5. The van der Waals surface area contributed by atoms with Gasteiger partial charge in [0.05, 0.1) is 29.1 Å². The van der Waals surface area contributed by atoms with Crippen molar-refractivity contribution in [2.75, 3.05) is 43.4 Å². The first-order valence-electron chi connectivity index (χ1n) is 9.88. The molecule has 1 aliphatic heterocycles. The molecule has 1 N–H and O–H groups in total. The van der Waals surface area contributed by atoms with Gasteiger partial charge in [0.1, 0.15) is 5.82 Å². The van der Waals surface area contributed by atoms with Crippen LogP contribution in [0.2, 0.25) is 0 Å². The molecule has 0 atom stereocenters. The second-order valence-electron chi connectivity index (χ2n) is 7.73. The van der Waals surface area contributed by atoms with Crippen LogP contribution in [0.4, 0.5) is 17.3 Å². The second-order valence-corrected chi connectivity index (χ2v) is 7.73. The summed E-state index contributed by atoms with van der Waals surface area (Å²) in [6.07, 6.45) is 4.92. The van der Waals surface area contributed by atoms with Gasteiger partial charge in [0.25, 0.3) is 0 Å². The molecular formula is C21H27N7. The molecule has 1 aliphatic rings. The van der Waals surface area contributed by atoms with Crippen LogP contribution in [0.15, 0.2) is 36.7 Å². The van der Waals surface area contributed by atoms with Crippen LogP contribution in [0.25, 0.3) is 11.0 Å². The van der Waals surface area contributed by atoms with Crippen LogP contribution < -0.4 is 10.2 Å². The minimum Gasteiger partial charge on any atom is -0.369 e. The van der Waals surface area contributed by atoms with Crippen LogP contribution in [0.1, 0.15) is 31.7 Å². The molecule has 0 amide bonds. The molecule has 1 saturated heterocycles. The Balaban J connectivity index is 1.58. The van der Waals surface area contributed by atoms with Crippen LogP contribution >= 0.6 is 0 Å². The third-order valence-electron chi connectivity index (χ3n) is 5.21. The predicted octanol–water partition coefficient (Wildman–Crippen LogP) is 3.43. The molecule has 0 unspecified atom stereocenters. The Hall–Kier alpha value is -2.80. The number of anilines is 3. The molecule has 3 aromatic heterocycles. The Bertz CT molecular complexity index is 956. The van der Waals surface area contributed by atoms with Crippen LogP contribution in [0, 0.1) is 0 Å². The smallest absolute Gasteiger partial charge is 0.154 e. The Morgan fingerprint density at radius 1 is 0.964 bits per heavy atom. The molecule has 0 saturated carbocycles. The average Bonchev–Trinajstić information content (AvgIpc) is 2.92. The van der Waals surface area contributed by atoms with Gasteiger partial charge in [-0.25, -0.2) is 4.98 Å². The van der Waals surface area contributed by atoms with Gasteiger partial charge >= 0.3 is 0 Å². The Labute approximate surface area is 165 Å². The molecule has 7 heteroatoms. The van der Waals surface area contributed by atoms with Crippen molar-refractivity contribution in [3.05, 3.63) is 42.2 Å². The number of hydrogen-bond donors (Lipinski definition) is 1. The number of pyridine rings is 2. The molecule has 4 rings (SSSR count). The van der Waals surface area contributed by atoms with E-state index in [1.54, 1.807) is 6.20 Å². The van der Waals surface area contributed by atoms with Gasteiger partial charge in [0, 0.05) is 19.6 Å². The van der Waals surface area contributed by atoms with E-state index in [2.05, 4.69) is 57.3 Å². The monoisotopic (exact) mass is 377 g/mol. The summed E-state index contributed by atoms with van der Waals surface area (Å²) < 4.78 is 0. The summed E-state index contributed by atoms with van der Waals surface area (Å²) in [7, 11) is 2.18. The van der Waals surface area contributed by atoms with Crippen molar-refractivity contribution >= 4 is 28.4 Å². The normalized spacial score (nSPS) is 15.8. The molecule has 0 aliphatic carbocycles. The van der Waals surface area contributed by atoms with E-state index >= 15 is 0 Å². The molecule has 0 aromatic carbocycles. The maximum atomic E-state index is 4.76. The molecule has 146 valence electrons. The fourth-order valence-corrected chi connectivity index (χ4v) is 3.43. The van der Waals surface area contributed by atoms with Crippen molar-refractivity contribution < 1.29 is 0 Å². The lowest BCUT2D eigenvalue weighted by atomic mass is 10.1. The quantitative estimate of drug-likeness (QED) is 0.747. The van der Waals surface area contributed by atoms with Crippen LogP contribution in [0.3, 0.4) is 0 Å². The molecule has 1 fully saturated rings. The second kappa shape index (κ2) is 8.06. The van der Waals surface area contributed by atoms with Crippen molar-refractivity contribution in [2.24, 2.45) is 0 Å². The Morgan fingerprint density at radius 3 is 2.71 bits per heavy atom. The van der Waals surface area contributed by atoms with Crippen molar-refractivity contribution in [2.45, 2.75) is 26.2 Å². The maximum Gasteiger partial charge on any atom is 0.154 e. The van der Waals surface area contributed by atoms with Gasteiger partial charge in [-0.1, -0.05) is 13.8 Å². The topological polar surface area (TPSA) is 70.1 Å². The highest BCUT2D eigenvalue weighted by molar-refractivity contribution is 5.80. The number of likely N-dealkylation sites (N-methyl/N-ethyl adjacent to an activating group) is 1. The SMILES string of the molecule is CC(C)c1cnnc(Nc2ccc3ncc(N4CCCN(C)CC4)cc3n2)c1. The van der Waals surface area contributed by atoms with Crippen molar-refractivity contribution in [3.8, 4) is 0 Å². The van der Waals surface area contributed by atoms with Gasteiger partial charge in [-0.3, -0.25) is 4.98 Å². The molecule has 0 spiro atoms. The molecule has 0 bridgehead atoms. The average molecular weight is 377 g/mol. The summed E-state index contributed by atoms with van der Waals surface area (Å²) in [5.41, 5.74) is 4.05. The summed E-state index contributed by atoms with van der Waals surface area (Å²) >= 11 is 0. The van der Waals surface area contributed by atoms with Gasteiger partial charge in [-0.2, -0.15) is 5.10 Å². The van der Waals surface area contributed by atoms with E-state index < -0.39 is 0 Å². The van der Waals surface area contributed by atoms with E-state index in [-0.39, 0.29) is 0 Å². The molecule has 0 radical (unpaired) electrons. The minimum absolute atomic E-state index is 0.403. The van der Waals surface area contributed by atoms with Crippen molar-refractivity contribution in [1.82, 2.24) is 25.1 Å². The van der Waals surface area contributed by atoms with Crippen LogP contribution in [-0.4, -0.2) is 58.3 Å². The largest absolute Gasteiger partial charge is 0.369 e. The molecular weight excluding hydrogens is 350 g/mol. The molecule has 28 heavy (non-hydrogen) atoms. The van der Waals surface area contributed by atoms with Gasteiger partial charge < -0.3 is 15.1 Å². The van der Waals surface area contributed by atoms with E-state index in [1.165, 1.54) is 0 Å². The van der Waals surface area contributed by atoms with E-state index in [0.29, 0.717) is 11.7 Å². The van der Waals surface area contributed by atoms with Gasteiger partial charge in [0.15, 0.2) is 5.82 Å². The third kappa shape index (κ3) is 4.20. The van der Waals surface area contributed by atoms with E-state index in [9.17, 15) is 0 Å². The predicted molar refractivity (Wildman–Crippen MR) is 113 cm³/mol. The first kappa shape index (κ1) is 18.6. The number of fused-ring (bicyclic) bond motifs is 1. The van der Waals surface area contributed by atoms with Gasteiger partial charge in [-0.05, 0) is 55.8 Å². The Kier molecular flexibility index (Phi) is 5.34. The number of hydrogen-bond acceptors (Lipinski definition) is 7. The zero-order valence-electron chi connectivity index (χ0n) is 16.8. The van der Waals surface area contributed by atoms with Gasteiger partial charge in [-0.15, -0.1) is 5.10 Å². The number of nitrogens with one attached hydrogen (secondary N) is 1. The van der Waals surface area contributed by atoms with Crippen molar-refractivity contribution in [3.63, 3.8) is 0 Å². The highest BCUT2D eigenvalue weighted by Crippen LogP contribution is 2.23. The fraction of sp³-hybridized carbons (Fsp3) is 0.429. The van der Waals surface area contributed by atoms with Gasteiger partial charge in [0.2, 0.25) is 0 Å². The summed E-state index contributed by atoms with van der Waals surface area (Å²) in [6.45, 7) is 8.55. The standard InChI is InChI=1S/C21H27N7/c1-15(2)16-11-21(26-23-13-16)25-20-6-5-18-19(24-20)12-17(14-22-18)28-8-4-7-27(3)9-10-28/h5-6,11-15H,4,7-10H2,1-3H3,(H,24,25,26). The minimum atomic E-state index is 0.403. The number of aromatic nitrogens is 4. The number of rotatable bonds is 4. The lowest BCUT2D eigenvalue weighted by Crippen LogP contribution is -2.28. The lowest BCUT2D eigenvalue weighted by molar-refractivity contribution is 0.360. The highest BCUT2D eigenvalue weighted by atomic mass is 15.2. The van der Waals surface area contributed by atoms with Crippen LogP contribution in [0.5, 0.6) is 0 Å². The molecule has 3 aromatic rings. The summed E-state index contributed by atoms with van der Waals surface area (Å²) in [5, 5.41) is 11.5. The maximum absolute atomic E-state index is 4.76. The van der Waals surface area contributed by atoms with E-state index in [1.807, 2.05) is 24.4 Å². The third-order valence-corrected chi connectivity index (χ3v) is 5.21. The molecule has 4 heterocycles. The Morgan fingerprint density at radius 2 is 1.86 bits per heavy atom. The first-order valence-corrected chi connectivity index (χ1v) is 9.88. The van der Waals surface area contributed by atoms with Crippen LogP contribution in [-0.2, 0) is 0 Å². The van der Waals surface area contributed by atoms with Crippen molar-refractivity contribution in [1.29, 1.82) is 0 Å². The number of nitrogens with zero attached hydrogens (tertiary/aromatic N) is 6. The summed E-state index contributed by atoms with van der Waals surface area (Å²) in [6, 6.07) is 8.07. The first-order chi connectivity index (χ1) is 13.6. The summed E-state index contributed by atoms with van der Waals surface area (Å²) in [4.78, 5) is 14.2. The highest BCUT2D eigenvalue weighted by Gasteiger charge is 2.14. The molecule has 7 nitrogen and oxygen atoms in total. The lowest BCUT2D eigenvalue weighted by Gasteiger charge is -2.22. The van der Waals surface area contributed by atoms with E-state index in [4.69, 9.17) is 4.98 Å². The fourth-order valence-electron chi connectivity index (χ4n) is 3.43. The summed E-state index contributed by atoms with van der Waals surface area (Å²) in [5.74, 6) is 1.86. The zero-order valence-corrected chi connectivity index (χ0v) is 16.8.